The lowest BCUT2D eigenvalue weighted by atomic mass is 9.97. The van der Waals surface area contributed by atoms with Crippen molar-refractivity contribution >= 4 is 12.0 Å². The highest BCUT2D eigenvalue weighted by Crippen LogP contribution is 2.37. The fourth-order valence-electron chi connectivity index (χ4n) is 3.00. The molecule has 3 aromatic rings. The number of aromatic nitrogens is 3. The van der Waals surface area contributed by atoms with Gasteiger partial charge in [0.2, 0.25) is 0 Å². The van der Waals surface area contributed by atoms with Crippen molar-refractivity contribution < 1.29 is 9.53 Å². The molecule has 2 aromatic carbocycles. The van der Waals surface area contributed by atoms with Gasteiger partial charge in [-0.3, -0.25) is 4.79 Å². The van der Waals surface area contributed by atoms with Crippen molar-refractivity contribution in [3.63, 3.8) is 0 Å². The minimum Gasteiger partial charge on any atom is -0.461 e. The molecule has 6 nitrogen and oxygen atoms in total. The Labute approximate surface area is 145 Å². The van der Waals surface area contributed by atoms with Crippen LogP contribution in [0.4, 0.5) is 5.69 Å². The molecule has 1 aromatic heterocycles. The molecule has 0 spiro atoms. The summed E-state index contributed by atoms with van der Waals surface area (Å²) in [6.45, 7) is 0. The maximum absolute atomic E-state index is 11.2. The van der Waals surface area contributed by atoms with Crippen LogP contribution in [0.5, 0.6) is 5.75 Å². The molecule has 1 aliphatic rings. The first kappa shape index (κ1) is 15.1. The summed E-state index contributed by atoms with van der Waals surface area (Å²) in [5.41, 5.74) is 3.43. The van der Waals surface area contributed by atoms with Gasteiger partial charge in [-0.1, -0.05) is 36.4 Å². The molecule has 0 radical (unpaired) electrons. The fourth-order valence-corrected chi connectivity index (χ4v) is 3.00. The van der Waals surface area contributed by atoms with Crippen LogP contribution in [0.3, 0.4) is 0 Å². The van der Waals surface area contributed by atoms with Crippen LogP contribution in [0.1, 0.15) is 17.2 Å². The third kappa shape index (κ3) is 2.67. The third-order valence-corrected chi connectivity index (χ3v) is 4.29. The van der Waals surface area contributed by atoms with Gasteiger partial charge >= 0.3 is 0 Å². The van der Waals surface area contributed by atoms with E-state index in [1.165, 1.54) is 12.6 Å². The third-order valence-electron chi connectivity index (χ3n) is 4.29. The van der Waals surface area contributed by atoms with E-state index in [1.54, 1.807) is 6.33 Å². The SMILES string of the molecule is CN1C(C=O)=COc2ccc(C(c3ccccc3)n3cncn3)cc21. The number of likely N-dealkylation sites (N-methyl/N-ethyl adjacent to an activating group) is 1. The van der Waals surface area contributed by atoms with E-state index in [0.29, 0.717) is 11.4 Å². The molecule has 0 saturated carbocycles. The second kappa shape index (κ2) is 6.24. The summed E-state index contributed by atoms with van der Waals surface area (Å²) in [7, 11) is 1.85. The van der Waals surface area contributed by atoms with E-state index in [2.05, 4.69) is 22.2 Å². The van der Waals surface area contributed by atoms with Crippen LogP contribution in [-0.2, 0) is 4.79 Å². The van der Waals surface area contributed by atoms with Gasteiger partial charge in [0.1, 0.15) is 36.4 Å². The molecule has 0 aliphatic carbocycles. The van der Waals surface area contributed by atoms with Crippen molar-refractivity contribution in [3.8, 4) is 5.75 Å². The highest BCUT2D eigenvalue weighted by atomic mass is 16.5. The lowest BCUT2D eigenvalue weighted by Crippen LogP contribution is -2.23. The minimum atomic E-state index is -0.118. The van der Waals surface area contributed by atoms with E-state index in [1.807, 2.05) is 53.0 Å². The Hall–Kier alpha value is -3.41. The van der Waals surface area contributed by atoms with Crippen molar-refractivity contribution in [2.45, 2.75) is 6.04 Å². The van der Waals surface area contributed by atoms with E-state index in [4.69, 9.17) is 4.74 Å². The number of benzene rings is 2. The van der Waals surface area contributed by atoms with Crippen molar-refractivity contribution in [2.24, 2.45) is 0 Å². The maximum Gasteiger partial charge on any atom is 0.169 e. The maximum atomic E-state index is 11.2. The molecule has 0 bridgehead atoms. The van der Waals surface area contributed by atoms with Gasteiger partial charge in [-0.15, -0.1) is 0 Å². The van der Waals surface area contributed by atoms with Crippen LogP contribution in [0.2, 0.25) is 0 Å². The number of aldehydes is 1. The van der Waals surface area contributed by atoms with Crippen molar-refractivity contribution in [2.75, 3.05) is 11.9 Å². The number of carbonyl (C=O) groups excluding carboxylic acids is 1. The zero-order valence-corrected chi connectivity index (χ0v) is 13.6. The number of fused-ring (bicyclic) bond motifs is 1. The van der Waals surface area contributed by atoms with Gasteiger partial charge in [0.05, 0.1) is 5.69 Å². The van der Waals surface area contributed by atoms with Gasteiger partial charge in [0.25, 0.3) is 0 Å². The molecule has 2 heterocycles. The van der Waals surface area contributed by atoms with Gasteiger partial charge in [-0.2, -0.15) is 5.10 Å². The van der Waals surface area contributed by atoms with Crippen molar-refractivity contribution in [1.82, 2.24) is 14.8 Å². The van der Waals surface area contributed by atoms with E-state index < -0.39 is 0 Å². The highest BCUT2D eigenvalue weighted by molar-refractivity contribution is 5.83. The van der Waals surface area contributed by atoms with Gasteiger partial charge in [-0.05, 0) is 23.3 Å². The smallest absolute Gasteiger partial charge is 0.169 e. The molecular formula is C19H16N4O2. The molecule has 1 aliphatic heterocycles. The summed E-state index contributed by atoms with van der Waals surface area (Å²) in [6, 6.07) is 15.9. The number of nitrogens with zero attached hydrogens (tertiary/aromatic N) is 4. The van der Waals surface area contributed by atoms with Gasteiger partial charge < -0.3 is 9.64 Å². The highest BCUT2D eigenvalue weighted by Gasteiger charge is 2.22. The molecule has 4 rings (SSSR count). The summed E-state index contributed by atoms with van der Waals surface area (Å²) < 4.78 is 7.38. The Morgan fingerprint density at radius 3 is 2.68 bits per heavy atom. The summed E-state index contributed by atoms with van der Waals surface area (Å²) in [5, 5.41) is 4.32. The predicted octanol–water partition coefficient (Wildman–Crippen LogP) is 2.78. The zero-order valence-electron chi connectivity index (χ0n) is 13.6. The second-order valence-electron chi connectivity index (χ2n) is 5.75. The van der Waals surface area contributed by atoms with E-state index >= 15 is 0 Å². The van der Waals surface area contributed by atoms with Gasteiger partial charge in [-0.25, -0.2) is 9.67 Å². The van der Waals surface area contributed by atoms with Crippen LogP contribution >= 0.6 is 0 Å². The molecule has 0 fully saturated rings. The lowest BCUT2D eigenvalue weighted by Gasteiger charge is -2.27. The van der Waals surface area contributed by atoms with Crippen molar-refractivity contribution in [1.29, 1.82) is 0 Å². The van der Waals surface area contributed by atoms with E-state index in [0.717, 1.165) is 23.1 Å². The molecule has 1 unspecified atom stereocenters. The minimum absolute atomic E-state index is 0.118. The Morgan fingerprint density at radius 2 is 1.96 bits per heavy atom. The largest absolute Gasteiger partial charge is 0.461 e. The first-order valence-electron chi connectivity index (χ1n) is 7.86. The number of rotatable bonds is 4. The molecular weight excluding hydrogens is 316 g/mol. The second-order valence-corrected chi connectivity index (χ2v) is 5.75. The molecule has 124 valence electrons. The number of allylic oxidation sites excluding steroid dienone is 1. The van der Waals surface area contributed by atoms with Gasteiger partial charge in [0, 0.05) is 7.05 Å². The first-order chi connectivity index (χ1) is 12.3. The molecule has 25 heavy (non-hydrogen) atoms. The normalized spacial score (nSPS) is 14.3. The van der Waals surface area contributed by atoms with Crippen LogP contribution in [-0.4, -0.2) is 28.1 Å². The summed E-state index contributed by atoms with van der Waals surface area (Å²) >= 11 is 0. The summed E-state index contributed by atoms with van der Waals surface area (Å²) in [6.07, 6.45) is 5.47. The first-order valence-corrected chi connectivity index (χ1v) is 7.86. The van der Waals surface area contributed by atoms with Gasteiger partial charge in [0.15, 0.2) is 6.29 Å². The Morgan fingerprint density at radius 1 is 1.12 bits per heavy atom. The van der Waals surface area contributed by atoms with Crippen LogP contribution in [0.15, 0.2) is 73.1 Å². The Balaban J connectivity index is 1.82. The molecule has 0 amide bonds. The summed E-state index contributed by atoms with van der Waals surface area (Å²) in [4.78, 5) is 17.1. The number of hydrogen-bond acceptors (Lipinski definition) is 5. The standard InChI is InChI=1S/C19H16N4O2/c1-22-16(10-24)11-25-18-8-7-15(9-17(18)22)19(23-13-20-12-21-23)14-5-3-2-4-6-14/h2-13,19H,1H3. The number of hydrogen-bond donors (Lipinski definition) is 0. The molecule has 0 saturated heterocycles. The van der Waals surface area contributed by atoms with Crippen LogP contribution in [0.25, 0.3) is 0 Å². The van der Waals surface area contributed by atoms with E-state index in [9.17, 15) is 4.79 Å². The van der Waals surface area contributed by atoms with Crippen molar-refractivity contribution in [3.05, 3.63) is 84.3 Å². The fraction of sp³-hybridized carbons (Fsp3) is 0.105. The topological polar surface area (TPSA) is 60.2 Å². The molecule has 6 heteroatoms. The summed E-state index contributed by atoms with van der Waals surface area (Å²) in [5.74, 6) is 0.710. The predicted molar refractivity (Wildman–Crippen MR) is 93.3 cm³/mol. The quantitative estimate of drug-likeness (QED) is 0.688. The van der Waals surface area contributed by atoms with E-state index in [-0.39, 0.29) is 6.04 Å². The number of ether oxygens (including phenoxy) is 1. The average Bonchev–Trinajstić information content (AvgIpc) is 3.18. The average molecular weight is 332 g/mol. The Kier molecular flexibility index (Phi) is 3.78. The lowest BCUT2D eigenvalue weighted by molar-refractivity contribution is -0.105. The number of anilines is 1. The monoisotopic (exact) mass is 332 g/mol. The molecule has 0 N–H and O–H groups in total. The van der Waals surface area contributed by atoms with Crippen LogP contribution in [0, 0.1) is 0 Å². The number of carbonyl (C=O) groups is 1. The van der Waals surface area contributed by atoms with Crippen LogP contribution < -0.4 is 9.64 Å². The molecule has 1 atom stereocenters. The Bertz CT molecular complexity index is 920. The zero-order chi connectivity index (χ0) is 17.2.